The fourth-order valence-corrected chi connectivity index (χ4v) is 1.79. The van der Waals surface area contributed by atoms with Gasteiger partial charge in [-0.1, -0.05) is 6.07 Å². The zero-order chi connectivity index (χ0) is 15.1. The van der Waals surface area contributed by atoms with E-state index in [0.717, 1.165) is 11.4 Å². The van der Waals surface area contributed by atoms with E-state index >= 15 is 0 Å². The molecule has 0 spiro atoms. The van der Waals surface area contributed by atoms with Gasteiger partial charge in [0.2, 0.25) is 0 Å². The van der Waals surface area contributed by atoms with Crippen LogP contribution in [0.15, 0.2) is 37.1 Å². The average molecular weight is 289 g/mol. The van der Waals surface area contributed by atoms with Crippen molar-refractivity contribution in [3.05, 3.63) is 42.6 Å². The number of aliphatic hydroxyl groups is 1. The van der Waals surface area contributed by atoms with E-state index in [1.807, 2.05) is 25.3 Å². The summed E-state index contributed by atoms with van der Waals surface area (Å²) < 4.78 is 1.81. The van der Waals surface area contributed by atoms with Crippen LogP contribution in [0.25, 0.3) is 5.82 Å². The number of urea groups is 1. The number of nitrogens with one attached hydrogen (secondary N) is 2. The first-order chi connectivity index (χ1) is 10.2. The Hall–Kier alpha value is -2.41. The van der Waals surface area contributed by atoms with E-state index in [1.54, 1.807) is 23.3 Å². The minimum Gasteiger partial charge on any atom is -0.396 e. The number of aromatic nitrogens is 3. The second-order valence-electron chi connectivity index (χ2n) is 4.73. The highest BCUT2D eigenvalue weighted by Gasteiger charge is 2.06. The van der Waals surface area contributed by atoms with Crippen molar-refractivity contribution in [2.75, 3.05) is 6.61 Å². The number of amides is 2. The van der Waals surface area contributed by atoms with Crippen molar-refractivity contribution in [1.29, 1.82) is 0 Å². The molecule has 0 aliphatic heterocycles. The van der Waals surface area contributed by atoms with E-state index in [1.165, 1.54) is 0 Å². The van der Waals surface area contributed by atoms with Crippen LogP contribution in [0.3, 0.4) is 0 Å². The van der Waals surface area contributed by atoms with Gasteiger partial charge in [-0.3, -0.25) is 4.57 Å². The molecule has 2 heterocycles. The van der Waals surface area contributed by atoms with Crippen LogP contribution in [0.4, 0.5) is 4.79 Å². The zero-order valence-electron chi connectivity index (χ0n) is 11.9. The van der Waals surface area contributed by atoms with E-state index in [9.17, 15) is 4.79 Å². The van der Waals surface area contributed by atoms with Crippen LogP contribution in [0.5, 0.6) is 0 Å². The first kappa shape index (κ1) is 15.0. The van der Waals surface area contributed by atoms with Crippen molar-refractivity contribution in [1.82, 2.24) is 25.2 Å². The summed E-state index contributed by atoms with van der Waals surface area (Å²) in [6, 6.07) is 3.46. The summed E-state index contributed by atoms with van der Waals surface area (Å²) in [5.41, 5.74) is 0.906. The molecule has 112 valence electrons. The smallest absolute Gasteiger partial charge is 0.315 e. The maximum Gasteiger partial charge on any atom is 0.315 e. The summed E-state index contributed by atoms with van der Waals surface area (Å²) in [6.07, 6.45) is 7.43. The number of rotatable bonds is 6. The van der Waals surface area contributed by atoms with Crippen molar-refractivity contribution >= 4 is 6.03 Å². The lowest BCUT2D eigenvalue weighted by Crippen LogP contribution is -2.40. The van der Waals surface area contributed by atoms with Crippen molar-refractivity contribution in [3.63, 3.8) is 0 Å². The predicted octanol–water partition coefficient (Wildman–Crippen LogP) is 0.837. The Labute approximate surface area is 123 Å². The van der Waals surface area contributed by atoms with Gasteiger partial charge in [-0.2, -0.15) is 0 Å². The maximum atomic E-state index is 11.6. The summed E-state index contributed by atoms with van der Waals surface area (Å²) in [6.45, 7) is 2.30. The number of carbonyl (C=O) groups excluding carboxylic acids is 1. The average Bonchev–Trinajstić information content (AvgIpc) is 3.00. The third-order valence-corrected chi connectivity index (χ3v) is 2.97. The Kier molecular flexibility index (Phi) is 5.28. The van der Waals surface area contributed by atoms with Gasteiger partial charge in [-0.25, -0.2) is 14.8 Å². The highest BCUT2D eigenvalue weighted by atomic mass is 16.3. The topological polar surface area (TPSA) is 92.1 Å². The molecule has 7 nitrogen and oxygen atoms in total. The highest BCUT2D eigenvalue weighted by molar-refractivity contribution is 5.74. The molecule has 21 heavy (non-hydrogen) atoms. The Morgan fingerprint density at radius 2 is 2.33 bits per heavy atom. The minimum absolute atomic E-state index is 0.0566. The molecule has 0 aliphatic rings. The standard InChI is InChI=1S/C14H19N5O2/c1-11(4-7-20)18-14(21)17-9-12-2-3-13(16-8-12)19-6-5-15-10-19/h2-3,5-6,8,10-11,20H,4,7,9H2,1H3,(H2,17,18,21)/t11-/m1/s1. The molecular formula is C14H19N5O2. The molecule has 0 saturated heterocycles. The largest absolute Gasteiger partial charge is 0.396 e. The Morgan fingerprint density at radius 1 is 1.48 bits per heavy atom. The molecule has 2 aromatic heterocycles. The molecule has 0 bridgehead atoms. The van der Waals surface area contributed by atoms with Gasteiger partial charge in [0, 0.05) is 37.8 Å². The Balaban J connectivity index is 1.82. The van der Waals surface area contributed by atoms with E-state index in [2.05, 4.69) is 20.6 Å². The fraction of sp³-hybridized carbons (Fsp3) is 0.357. The molecule has 1 atom stereocenters. The van der Waals surface area contributed by atoms with Gasteiger partial charge >= 0.3 is 6.03 Å². The van der Waals surface area contributed by atoms with E-state index in [-0.39, 0.29) is 18.7 Å². The second-order valence-corrected chi connectivity index (χ2v) is 4.73. The third kappa shape index (κ3) is 4.57. The summed E-state index contributed by atoms with van der Waals surface area (Å²) >= 11 is 0. The molecule has 0 aromatic carbocycles. The van der Waals surface area contributed by atoms with Gasteiger partial charge < -0.3 is 15.7 Å². The summed E-state index contributed by atoms with van der Waals surface area (Å²) in [5, 5.41) is 14.3. The van der Waals surface area contributed by atoms with Crippen LogP contribution in [-0.2, 0) is 6.54 Å². The van der Waals surface area contributed by atoms with Crippen LogP contribution in [0.1, 0.15) is 18.9 Å². The monoisotopic (exact) mass is 289 g/mol. The van der Waals surface area contributed by atoms with Gasteiger partial charge in [0.1, 0.15) is 12.1 Å². The van der Waals surface area contributed by atoms with Crippen molar-refractivity contribution in [3.8, 4) is 5.82 Å². The molecule has 0 unspecified atom stereocenters. The van der Waals surface area contributed by atoms with Crippen LogP contribution in [-0.4, -0.2) is 38.3 Å². The van der Waals surface area contributed by atoms with E-state index in [0.29, 0.717) is 13.0 Å². The van der Waals surface area contributed by atoms with Gasteiger partial charge in [-0.15, -0.1) is 0 Å². The zero-order valence-corrected chi connectivity index (χ0v) is 11.9. The Morgan fingerprint density at radius 3 is 2.95 bits per heavy atom. The molecular weight excluding hydrogens is 270 g/mol. The maximum absolute atomic E-state index is 11.6. The van der Waals surface area contributed by atoms with Crippen LogP contribution < -0.4 is 10.6 Å². The van der Waals surface area contributed by atoms with E-state index in [4.69, 9.17) is 5.11 Å². The molecule has 3 N–H and O–H groups in total. The lowest BCUT2D eigenvalue weighted by atomic mass is 10.2. The summed E-state index contributed by atoms with van der Waals surface area (Å²) in [7, 11) is 0. The van der Waals surface area contributed by atoms with Crippen molar-refractivity contribution < 1.29 is 9.90 Å². The number of carbonyl (C=O) groups is 1. The first-order valence-corrected chi connectivity index (χ1v) is 6.77. The molecule has 2 rings (SSSR count). The number of hydrogen-bond donors (Lipinski definition) is 3. The summed E-state index contributed by atoms with van der Waals surface area (Å²) in [5.74, 6) is 0.775. The van der Waals surface area contributed by atoms with Gasteiger partial charge in [0.05, 0.1) is 0 Å². The second kappa shape index (κ2) is 7.39. The molecule has 0 saturated carbocycles. The number of hydrogen-bond acceptors (Lipinski definition) is 4. The Bertz CT molecular complexity index is 553. The molecule has 0 aliphatic carbocycles. The van der Waals surface area contributed by atoms with Gasteiger partial charge in [-0.05, 0) is 25.0 Å². The van der Waals surface area contributed by atoms with Crippen molar-refractivity contribution in [2.45, 2.75) is 25.9 Å². The third-order valence-electron chi connectivity index (χ3n) is 2.97. The number of imidazole rings is 1. The van der Waals surface area contributed by atoms with Crippen molar-refractivity contribution in [2.24, 2.45) is 0 Å². The highest BCUT2D eigenvalue weighted by Crippen LogP contribution is 2.05. The van der Waals surface area contributed by atoms with Crippen LogP contribution in [0.2, 0.25) is 0 Å². The number of nitrogens with zero attached hydrogens (tertiary/aromatic N) is 3. The fourth-order valence-electron chi connectivity index (χ4n) is 1.79. The lowest BCUT2D eigenvalue weighted by molar-refractivity contribution is 0.230. The summed E-state index contributed by atoms with van der Waals surface area (Å²) in [4.78, 5) is 19.9. The number of pyridine rings is 1. The number of aliphatic hydroxyl groups excluding tert-OH is 1. The minimum atomic E-state index is -0.255. The molecule has 2 amide bonds. The SMILES string of the molecule is C[C@H](CCO)NC(=O)NCc1ccc(-n2ccnc2)nc1. The molecule has 2 aromatic rings. The quantitative estimate of drug-likeness (QED) is 0.734. The normalized spacial score (nSPS) is 11.9. The van der Waals surface area contributed by atoms with Crippen LogP contribution in [0, 0.1) is 0 Å². The molecule has 0 fully saturated rings. The molecule has 0 radical (unpaired) electrons. The van der Waals surface area contributed by atoms with Gasteiger partial charge in [0.15, 0.2) is 0 Å². The molecule has 7 heteroatoms. The lowest BCUT2D eigenvalue weighted by Gasteiger charge is -2.13. The predicted molar refractivity (Wildman–Crippen MR) is 77.9 cm³/mol. The van der Waals surface area contributed by atoms with Gasteiger partial charge in [0.25, 0.3) is 0 Å². The first-order valence-electron chi connectivity index (χ1n) is 6.77. The van der Waals surface area contributed by atoms with E-state index < -0.39 is 0 Å². The van der Waals surface area contributed by atoms with Crippen LogP contribution >= 0.6 is 0 Å².